The van der Waals surface area contributed by atoms with Crippen LogP contribution >= 0.6 is 22.6 Å². The molecule has 1 N–H and O–H groups in total. The molecule has 0 aliphatic rings. The predicted octanol–water partition coefficient (Wildman–Crippen LogP) is 7.12. The summed E-state index contributed by atoms with van der Waals surface area (Å²) in [7, 11) is -2.17. The molecule has 0 aliphatic heterocycles. The van der Waals surface area contributed by atoms with E-state index in [0.29, 0.717) is 5.69 Å². The number of methoxy groups -OCH3 is 1. The van der Waals surface area contributed by atoms with Crippen molar-refractivity contribution >= 4 is 60.1 Å². The Hall–Kier alpha value is -3.04. The van der Waals surface area contributed by atoms with E-state index in [1.807, 2.05) is 39.0 Å². The van der Waals surface area contributed by atoms with Crippen molar-refractivity contribution in [2.24, 2.45) is 0 Å². The molecular weight excluding hydrogens is 571 g/mol. The van der Waals surface area contributed by atoms with E-state index in [4.69, 9.17) is 4.74 Å². The molecule has 0 radical (unpaired) electrons. The van der Waals surface area contributed by atoms with Gasteiger partial charge in [-0.05, 0) is 91.4 Å². The number of aryl methyl sites for hydroxylation is 2. The Labute approximate surface area is 218 Å². The molecule has 0 fully saturated rings. The van der Waals surface area contributed by atoms with E-state index in [1.165, 1.54) is 0 Å². The highest BCUT2D eigenvalue weighted by molar-refractivity contribution is 14.1. The largest absolute Gasteiger partial charge is 0.496 e. The lowest BCUT2D eigenvalue weighted by molar-refractivity contribution is 0.408. The molecule has 5 rings (SSSR count). The Morgan fingerprint density at radius 2 is 1.54 bits per heavy atom. The SMILES string of the molecule is COc1c(C)cc(NS(=O)(=O)c2ccc(C)cc2)c(-n2c3ccccc3c3cc(I)ccc32)c1C. The first-order valence-corrected chi connectivity index (χ1v) is 13.7. The minimum absolute atomic E-state index is 0.219. The van der Waals surface area contributed by atoms with Crippen LogP contribution in [0.5, 0.6) is 5.75 Å². The van der Waals surface area contributed by atoms with Crippen LogP contribution < -0.4 is 9.46 Å². The van der Waals surface area contributed by atoms with Crippen LogP contribution in [0.4, 0.5) is 5.69 Å². The van der Waals surface area contributed by atoms with E-state index < -0.39 is 10.0 Å². The van der Waals surface area contributed by atoms with Crippen LogP contribution in [-0.2, 0) is 10.0 Å². The van der Waals surface area contributed by atoms with Crippen molar-refractivity contribution < 1.29 is 13.2 Å². The van der Waals surface area contributed by atoms with Crippen molar-refractivity contribution in [1.82, 2.24) is 4.57 Å². The summed E-state index contributed by atoms with van der Waals surface area (Å²) in [6.07, 6.45) is 0. The maximum atomic E-state index is 13.4. The Morgan fingerprint density at radius 1 is 0.857 bits per heavy atom. The van der Waals surface area contributed by atoms with Gasteiger partial charge in [0.15, 0.2) is 0 Å². The van der Waals surface area contributed by atoms with Gasteiger partial charge in [0.1, 0.15) is 5.75 Å². The lowest BCUT2D eigenvalue weighted by Crippen LogP contribution is -2.16. The first kappa shape index (κ1) is 23.7. The third-order valence-corrected chi connectivity index (χ3v) is 8.36. The first-order chi connectivity index (χ1) is 16.7. The van der Waals surface area contributed by atoms with E-state index in [1.54, 1.807) is 31.4 Å². The van der Waals surface area contributed by atoms with Crippen LogP contribution in [0.1, 0.15) is 16.7 Å². The summed E-state index contributed by atoms with van der Waals surface area (Å²) in [5, 5.41) is 2.21. The molecule has 0 aliphatic carbocycles. The van der Waals surface area contributed by atoms with E-state index in [2.05, 4.69) is 62.2 Å². The molecule has 7 heteroatoms. The van der Waals surface area contributed by atoms with Crippen molar-refractivity contribution in [3.05, 3.63) is 93.1 Å². The number of ether oxygens (including phenoxy) is 1. The molecule has 35 heavy (non-hydrogen) atoms. The first-order valence-electron chi connectivity index (χ1n) is 11.2. The molecule has 0 amide bonds. The summed E-state index contributed by atoms with van der Waals surface area (Å²) in [5.74, 6) is 0.731. The number of para-hydroxylation sites is 1. The Morgan fingerprint density at radius 3 is 2.26 bits per heavy atom. The number of nitrogens with one attached hydrogen (secondary N) is 1. The van der Waals surface area contributed by atoms with Gasteiger partial charge in [0, 0.05) is 19.9 Å². The van der Waals surface area contributed by atoms with Crippen molar-refractivity contribution in [2.45, 2.75) is 25.7 Å². The molecule has 0 unspecified atom stereocenters. The Kier molecular flexibility index (Phi) is 6.01. The number of anilines is 1. The summed E-state index contributed by atoms with van der Waals surface area (Å²) in [6, 6.07) is 23.2. The highest BCUT2D eigenvalue weighted by atomic mass is 127. The van der Waals surface area contributed by atoms with Gasteiger partial charge in [-0.25, -0.2) is 8.42 Å². The molecule has 4 aromatic carbocycles. The Bertz CT molecular complexity index is 1700. The van der Waals surface area contributed by atoms with Crippen LogP contribution in [0, 0.1) is 24.3 Å². The van der Waals surface area contributed by atoms with Gasteiger partial charge >= 0.3 is 0 Å². The molecule has 5 nitrogen and oxygen atoms in total. The number of fused-ring (bicyclic) bond motifs is 3. The van der Waals surface area contributed by atoms with E-state index in [9.17, 15) is 8.42 Å². The zero-order valence-corrected chi connectivity index (χ0v) is 22.9. The highest BCUT2D eigenvalue weighted by Crippen LogP contribution is 2.41. The van der Waals surface area contributed by atoms with Crippen LogP contribution in [-0.4, -0.2) is 20.1 Å². The fourth-order valence-electron chi connectivity index (χ4n) is 4.74. The fourth-order valence-corrected chi connectivity index (χ4v) is 6.29. The lowest BCUT2D eigenvalue weighted by Gasteiger charge is -2.21. The van der Waals surface area contributed by atoms with Crippen molar-refractivity contribution in [3.8, 4) is 11.4 Å². The predicted molar refractivity (Wildman–Crippen MR) is 152 cm³/mol. The maximum absolute atomic E-state index is 13.4. The van der Waals surface area contributed by atoms with E-state index in [-0.39, 0.29) is 4.90 Å². The molecule has 1 heterocycles. The number of hydrogen-bond donors (Lipinski definition) is 1. The zero-order chi connectivity index (χ0) is 24.9. The number of sulfonamides is 1. The summed E-state index contributed by atoms with van der Waals surface area (Å²) in [6.45, 7) is 5.83. The van der Waals surface area contributed by atoms with Gasteiger partial charge in [0.25, 0.3) is 10.0 Å². The van der Waals surface area contributed by atoms with E-state index in [0.717, 1.165) is 53.5 Å². The summed E-state index contributed by atoms with van der Waals surface area (Å²) in [4.78, 5) is 0.219. The lowest BCUT2D eigenvalue weighted by atomic mass is 10.1. The van der Waals surface area contributed by atoms with Crippen LogP contribution in [0.25, 0.3) is 27.5 Å². The molecule has 0 atom stereocenters. The zero-order valence-electron chi connectivity index (χ0n) is 19.9. The van der Waals surface area contributed by atoms with Gasteiger partial charge in [0.2, 0.25) is 0 Å². The summed E-state index contributed by atoms with van der Waals surface area (Å²) < 4.78 is 38.8. The van der Waals surface area contributed by atoms with Crippen LogP contribution in [0.2, 0.25) is 0 Å². The average molecular weight is 596 g/mol. The minimum Gasteiger partial charge on any atom is -0.496 e. The molecule has 0 bridgehead atoms. The minimum atomic E-state index is -3.82. The smallest absolute Gasteiger partial charge is 0.261 e. The van der Waals surface area contributed by atoms with Gasteiger partial charge in [-0.1, -0.05) is 35.9 Å². The van der Waals surface area contributed by atoms with Crippen LogP contribution in [0.3, 0.4) is 0 Å². The molecule has 0 saturated heterocycles. The second-order valence-electron chi connectivity index (χ2n) is 8.68. The van der Waals surface area contributed by atoms with Gasteiger partial charge < -0.3 is 9.30 Å². The summed E-state index contributed by atoms with van der Waals surface area (Å²) >= 11 is 2.32. The van der Waals surface area contributed by atoms with Crippen molar-refractivity contribution in [3.63, 3.8) is 0 Å². The number of rotatable bonds is 5. The van der Waals surface area contributed by atoms with Crippen LogP contribution in [0.15, 0.2) is 77.7 Å². The monoisotopic (exact) mass is 596 g/mol. The third kappa shape index (κ3) is 4.06. The van der Waals surface area contributed by atoms with E-state index >= 15 is 0 Å². The summed E-state index contributed by atoms with van der Waals surface area (Å²) in [5.41, 5.74) is 5.95. The molecule has 0 saturated carbocycles. The van der Waals surface area contributed by atoms with Gasteiger partial charge in [-0.15, -0.1) is 0 Å². The fraction of sp³-hybridized carbons (Fsp3) is 0.143. The standard InChI is InChI=1S/C28H25IN2O3S/c1-17-9-12-21(13-10-17)35(32,33)30-24-15-18(2)28(34-4)19(3)27(24)31-25-8-6-5-7-22(25)23-16-20(29)11-14-26(23)31/h5-16,30H,1-4H3. The molecule has 178 valence electrons. The molecular formula is C28H25IN2O3S. The van der Waals surface area contributed by atoms with Gasteiger partial charge in [0.05, 0.1) is 34.4 Å². The second-order valence-corrected chi connectivity index (χ2v) is 11.6. The molecule has 5 aromatic rings. The number of aromatic nitrogens is 1. The number of nitrogens with zero attached hydrogens (tertiary/aromatic N) is 1. The molecule has 1 aromatic heterocycles. The van der Waals surface area contributed by atoms with Crippen molar-refractivity contribution in [2.75, 3.05) is 11.8 Å². The number of benzene rings is 4. The Balaban J connectivity index is 1.83. The van der Waals surface area contributed by atoms with Gasteiger partial charge in [-0.2, -0.15) is 0 Å². The maximum Gasteiger partial charge on any atom is 0.261 e. The normalized spacial score (nSPS) is 11.8. The van der Waals surface area contributed by atoms with Crippen molar-refractivity contribution in [1.29, 1.82) is 0 Å². The average Bonchev–Trinajstić information content (AvgIpc) is 3.13. The quantitative estimate of drug-likeness (QED) is 0.220. The number of hydrogen-bond acceptors (Lipinski definition) is 3. The highest BCUT2D eigenvalue weighted by Gasteiger charge is 2.24. The molecule has 0 spiro atoms. The van der Waals surface area contributed by atoms with Gasteiger partial charge in [-0.3, -0.25) is 4.72 Å². The number of halogens is 1. The third-order valence-electron chi connectivity index (χ3n) is 6.31. The topological polar surface area (TPSA) is 60.3 Å². The second kappa shape index (κ2) is 8.87.